The van der Waals surface area contributed by atoms with Gasteiger partial charge in [0.25, 0.3) is 0 Å². The lowest BCUT2D eigenvalue weighted by Crippen LogP contribution is -2.46. The number of amides is 1. The van der Waals surface area contributed by atoms with E-state index in [1.54, 1.807) is 38.1 Å². The number of nitrogens with one attached hydrogen (secondary N) is 1. The number of benzene rings is 1. The van der Waals surface area contributed by atoms with E-state index in [4.69, 9.17) is 5.11 Å². The monoisotopic (exact) mass is 299 g/mol. The molecule has 0 saturated carbocycles. The SMILES string of the molecule is CC(C)(CO)C(O)C(=O)NCCS(=O)c1ccccc1. The quantitative estimate of drug-likeness (QED) is 0.675. The number of carbonyl (C=O) groups excluding carboxylic acids is 1. The Morgan fingerprint density at radius 3 is 2.50 bits per heavy atom. The van der Waals surface area contributed by atoms with E-state index in [0.717, 1.165) is 0 Å². The lowest BCUT2D eigenvalue weighted by molar-refractivity contribution is -0.136. The number of aliphatic hydroxyl groups excluding tert-OH is 2. The summed E-state index contributed by atoms with van der Waals surface area (Å²) < 4.78 is 11.9. The Hall–Kier alpha value is -1.24. The summed E-state index contributed by atoms with van der Waals surface area (Å²) >= 11 is 0. The van der Waals surface area contributed by atoms with E-state index in [2.05, 4.69) is 5.32 Å². The Morgan fingerprint density at radius 1 is 1.35 bits per heavy atom. The molecule has 20 heavy (non-hydrogen) atoms. The molecule has 6 heteroatoms. The van der Waals surface area contributed by atoms with Crippen molar-refractivity contribution in [1.29, 1.82) is 0 Å². The maximum atomic E-state index is 11.9. The van der Waals surface area contributed by atoms with Gasteiger partial charge < -0.3 is 15.5 Å². The van der Waals surface area contributed by atoms with Crippen molar-refractivity contribution in [1.82, 2.24) is 5.32 Å². The molecule has 0 bridgehead atoms. The molecule has 1 rings (SSSR count). The molecule has 0 aliphatic carbocycles. The molecule has 0 aliphatic rings. The Balaban J connectivity index is 2.41. The summed E-state index contributed by atoms with van der Waals surface area (Å²) in [5, 5.41) is 21.4. The van der Waals surface area contributed by atoms with Crippen molar-refractivity contribution in [2.75, 3.05) is 18.9 Å². The number of carbonyl (C=O) groups is 1. The Labute approximate surface area is 121 Å². The molecule has 0 radical (unpaired) electrons. The molecular formula is C14H21NO4S. The first-order valence-electron chi connectivity index (χ1n) is 6.38. The van der Waals surface area contributed by atoms with E-state index in [-0.39, 0.29) is 18.9 Å². The third-order valence-corrected chi connectivity index (χ3v) is 4.36. The van der Waals surface area contributed by atoms with Crippen LogP contribution in [-0.4, -0.2) is 45.3 Å². The third-order valence-electron chi connectivity index (χ3n) is 2.99. The zero-order chi connectivity index (χ0) is 15.2. The van der Waals surface area contributed by atoms with Crippen LogP contribution in [0.25, 0.3) is 0 Å². The summed E-state index contributed by atoms with van der Waals surface area (Å²) in [4.78, 5) is 12.4. The molecule has 3 N–H and O–H groups in total. The predicted molar refractivity (Wildman–Crippen MR) is 77.6 cm³/mol. The van der Waals surface area contributed by atoms with E-state index in [0.29, 0.717) is 4.90 Å². The fraction of sp³-hybridized carbons (Fsp3) is 0.500. The maximum absolute atomic E-state index is 11.9. The van der Waals surface area contributed by atoms with E-state index in [9.17, 15) is 14.1 Å². The van der Waals surface area contributed by atoms with Crippen LogP contribution in [0.1, 0.15) is 13.8 Å². The lowest BCUT2D eigenvalue weighted by atomic mass is 9.87. The van der Waals surface area contributed by atoms with Crippen LogP contribution in [0.15, 0.2) is 35.2 Å². The second kappa shape index (κ2) is 7.52. The highest BCUT2D eigenvalue weighted by Gasteiger charge is 2.32. The normalized spacial score (nSPS) is 14.6. The number of aliphatic hydroxyl groups is 2. The first-order valence-corrected chi connectivity index (χ1v) is 7.70. The summed E-state index contributed by atoms with van der Waals surface area (Å²) in [5.74, 6) is -0.281. The van der Waals surface area contributed by atoms with Crippen LogP contribution in [0, 0.1) is 5.41 Å². The van der Waals surface area contributed by atoms with Crippen LogP contribution >= 0.6 is 0 Å². The largest absolute Gasteiger partial charge is 0.396 e. The number of hydrogen-bond acceptors (Lipinski definition) is 4. The molecule has 2 unspecified atom stereocenters. The highest BCUT2D eigenvalue weighted by Crippen LogP contribution is 2.19. The van der Waals surface area contributed by atoms with Gasteiger partial charge in [-0.15, -0.1) is 0 Å². The molecule has 112 valence electrons. The molecule has 0 aliphatic heterocycles. The van der Waals surface area contributed by atoms with Crippen LogP contribution < -0.4 is 5.32 Å². The second-order valence-electron chi connectivity index (χ2n) is 5.20. The van der Waals surface area contributed by atoms with E-state index >= 15 is 0 Å². The van der Waals surface area contributed by atoms with Crippen molar-refractivity contribution < 1.29 is 19.2 Å². The van der Waals surface area contributed by atoms with Gasteiger partial charge in [0.2, 0.25) is 5.91 Å². The Kier molecular flexibility index (Phi) is 6.32. The third kappa shape index (κ3) is 4.70. The molecule has 1 amide bonds. The Morgan fingerprint density at radius 2 is 1.95 bits per heavy atom. The van der Waals surface area contributed by atoms with Gasteiger partial charge in [0.05, 0.1) is 17.4 Å². The van der Waals surface area contributed by atoms with Crippen molar-refractivity contribution in [3.8, 4) is 0 Å². The molecule has 0 aromatic heterocycles. The fourth-order valence-electron chi connectivity index (χ4n) is 1.50. The van der Waals surface area contributed by atoms with Gasteiger partial charge in [0.15, 0.2) is 0 Å². The molecule has 5 nitrogen and oxygen atoms in total. The molecule has 1 aromatic carbocycles. The van der Waals surface area contributed by atoms with Crippen molar-refractivity contribution in [2.24, 2.45) is 5.41 Å². The van der Waals surface area contributed by atoms with Crippen molar-refractivity contribution in [2.45, 2.75) is 24.8 Å². The van der Waals surface area contributed by atoms with Gasteiger partial charge in [0, 0.05) is 22.6 Å². The van der Waals surface area contributed by atoms with Gasteiger partial charge in [-0.05, 0) is 12.1 Å². The van der Waals surface area contributed by atoms with Gasteiger partial charge in [-0.25, -0.2) is 0 Å². The van der Waals surface area contributed by atoms with E-state index in [1.807, 2.05) is 6.07 Å². The van der Waals surface area contributed by atoms with Gasteiger partial charge >= 0.3 is 0 Å². The molecule has 0 heterocycles. The predicted octanol–water partition coefficient (Wildman–Crippen LogP) is 0.290. The number of rotatable bonds is 7. The maximum Gasteiger partial charge on any atom is 0.249 e. The van der Waals surface area contributed by atoms with Crippen LogP contribution in [0.4, 0.5) is 0 Å². The van der Waals surface area contributed by atoms with Crippen LogP contribution in [0.2, 0.25) is 0 Å². The zero-order valence-corrected chi connectivity index (χ0v) is 12.5. The summed E-state index contributed by atoms with van der Waals surface area (Å²) in [6.07, 6.45) is -1.29. The topological polar surface area (TPSA) is 86.6 Å². The summed E-state index contributed by atoms with van der Waals surface area (Å²) in [6.45, 7) is 3.11. The fourth-order valence-corrected chi connectivity index (χ4v) is 2.48. The van der Waals surface area contributed by atoms with Gasteiger partial charge in [0.1, 0.15) is 6.10 Å². The molecule has 0 spiro atoms. The average Bonchev–Trinajstić information content (AvgIpc) is 2.47. The Bertz CT molecular complexity index is 462. The minimum absolute atomic E-state index is 0.207. The van der Waals surface area contributed by atoms with Crippen molar-refractivity contribution in [3.05, 3.63) is 30.3 Å². The summed E-state index contributed by atoms with van der Waals surface area (Å²) in [7, 11) is -1.18. The van der Waals surface area contributed by atoms with Crippen molar-refractivity contribution in [3.63, 3.8) is 0 Å². The van der Waals surface area contributed by atoms with E-state index < -0.39 is 28.2 Å². The zero-order valence-electron chi connectivity index (χ0n) is 11.7. The lowest BCUT2D eigenvalue weighted by Gasteiger charge is -2.27. The molecule has 0 fully saturated rings. The van der Waals surface area contributed by atoms with Gasteiger partial charge in [-0.1, -0.05) is 32.0 Å². The second-order valence-corrected chi connectivity index (χ2v) is 6.77. The number of hydrogen-bond donors (Lipinski definition) is 3. The molecular weight excluding hydrogens is 278 g/mol. The minimum atomic E-state index is -1.29. The molecule has 1 aromatic rings. The smallest absolute Gasteiger partial charge is 0.249 e. The first kappa shape index (κ1) is 16.8. The highest BCUT2D eigenvalue weighted by molar-refractivity contribution is 7.85. The van der Waals surface area contributed by atoms with Gasteiger partial charge in [-0.3, -0.25) is 9.00 Å². The first-order chi connectivity index (χ1) is 9.38. The van der Waals surface area contributed by atoms with Crippen molar-refractivity contribution >= 4 is 16.7 Å². The van der Waals surface area contributed by atoms with Crippen LogP contribution in [0.5, 0.6) is 0 Å². The summed E-state index contributed by atoms with van der Waals surface area (Å²) in [6, 6.07) is 8.98. The van der Waals surface area contributed by atoms with Gasteiger partial charge in [-0.2, -0.15) is 0 Å². The average molecular weight is 299 g/mol. The van der Waals surface area contributed by atoms with E-state index in [1.165, 1.54) is 0 Å². The van der Waals surface area contributed by atoms with Crippen LogP contribution in [0.3, 0.4) is 0 Å². The molecule has 0 saturated heterocycles. The highest BCUT2D eigenvalue weighted by atomic mass is 32.2. The van der Waals surface area contributed by atoms with Crippen LogP contribution in [-0.2, 0) is 15.6 Å². The molecule has 2 atom stereocenters. The minimum Gasteiger partial charge on any atom is -0.396 e. The summed E-state index contributed by atoms with van der Waals surface area (Å²) in [5.41, 5.74) is -0.900. The standard InChI is InChI=1S/C14H21NO4S/c1-14(2,10-16)12(17)13(18)15-8-9-20(19)11-6-4-3-5-7-11/h3-7,12,16-17H,8-10H2,1-2H3,(H,15,18).